The minimum Gasteiger partial charge on any atom is -0.494 e. The molecule has 4 rings (SSSR count). The number of carboxylic acid groups (broad SMARTS) is 1. The zero-order valence-corrected chi connectivity index (χ0v) is 28.0. The van der Waals surface area contributed by atoms with E-state index in [2.05, 4.69) is 25.7 Å². The number of hydrogen-bond donors (Lipinski definition) is 2. The lowest BCUT2D eigenvalue weighted by molar-refractivity contribution is -0.144. The first-order chi connectivity index (χ1) is 20.4. The molecule has 1 saturated heterocycles. The van der Waals surface area contributed by atoms with Gasteiger partial charge >= 0.3 is 5.97 Å². The number of methoxy groups -OCH3 is 1. The van der Waals surface area contributed by atoms with Crippen LogP contribution in [0.25, 0.3) is 0 Å². The maximum Gasteiger partial charge on any atom is 0.329 e. The second-order valence-electron chi connectivity index (χ2n) is 11.8. The molecule has 2 N–H and O–H groups in total. The van der Waals surface area contributed by atoms with Gasteiger partial charge in [-0.2, -0.15) is 0 Å². The van der Waals surface area contributed by atoms with Crippen molar-refractivity contribution in [1.82, 2.24) is 4.90 Å². The molecule has 2 aromatic carbocycles. The van der Waals surface area contributed by atoms with Crippen LogP contribution >= 0.6 is 17.0 Å². The van der Waals surface area contributed by atoms with Gasteiger partial charge in [0.05, 0.1) is 44.2 Å². The zero-order chi connectivity index (χ0) is 31.5. The first-order valence-corrected chi connectivity index (χ1v) is 14.7. The van der Waals surface area contributed by atoms with Crippen molar-refractivity contribution in [2.75, 3.05) is 51.5 Å². The Balaban J connectivity index is 0.00000529. The highest BCUT2D eigenvalue weighted by atomic mass is 79.9. The van der Waals surface area contributed by atoms with Gasteiger partial charge in [0.1, 0.15) is 18.2 Å². The number of ether oxygens (including phenoxy) is 4. The van der Waals surface area contributed by atoms with Gasteiger partial charge in [0, 0.05) is 30.8 Å². The molecule has 0 aromatic heterocycles. The number of fused-ring (bicyclic) bond motifs is 1. The lowest BCUT2D eigenvalue weighted by Crippen LogP contribution is -2.38. The zero-order valence-electron chi connectivity index (χ0n) is 26.3. The fraction of sp³-hybridized carbons (Fsp3) is 0.531. The van der Waals surface area contributed by atoms with E-state index in [-0.39, 0.29) is 83.5 Å². The topological polar surface area (TPSA) is 122 Å². The number of carbonyl (C=O) groups is 2. The average Bonchev–Trinajstić information content (AvgIpc) is 3.27. The number of aliphatic carboxylic acids is 1. The van der Waals surface area contributed by atoms with Gasteiger partial charge in [-0.1, -0.05) is 20.8 Å². The Morgan fingerprint density at radius 1 is 1.07 bits per heavy atom. The van der Waals surface area contributed by atoms with Gasteiger partial charge in [0.25, 0.3) is 0 Å². The minimum atomic E-state index is -0.994. The first kappa shape index (κ1) is 35.1. The van der Waals surface area contributed by atoms with Crippen LogP contribution in [0, 0.1) is 11.2 Å². The number of halogens is 2. The number of piperidine rings is 1. The molecular formula is C32H43BrFN3O7. The van der Waals surface area contributed by atoms with Gasteiger partial charge in [-0.05, 0) is 55.9 Å². The Hall–Kier alpha value is -3.38. The fourth-order valence-corrected chi connectivity index (χ4v) is 5.66. The Morgan fingerprint density at radius 3 is 2.30 bits per heavy atom. The number of nitrogens with zero attached hydrogens (tertiary/aromatic N) is 2. The number of amidine groups is 1. The number of carbonyl (C=O) groups excluding carboxylic acids is 1. The molecule has 0 spiro atoms. The lowest BCUT2D eigenvalue weighted by Gasteiger charge is -2.36. The minimum absolute atomic E-state index is 0. The summed E-state index contributed by atoms with van der Waals surface area (Å²) >= 11 is 0. The molecule has 0 unspecified atom stereocenters. The van der Waals surface area contributed by atoms with Crippen LogP contribution in [0.2, 0.25) is 0 Å². The molecule has 242 valence electrons. The van der Waals surface area contributed by atoms with Crippen molar-refractivity contribution in [2.45, 2.75) is 65.5 Å². The summed E-state index contributed by atoms with van der Waals surface area (Å²) in [4.78, 5) is 28.4. The summed E-state index contributed by atoms with van der Waals surface area (Å²) in [5.41, 5.74) is 2.47. The highest BCUT2D eigenvalue weighted by Crippen LogP contribution is 2.42. The van der Waals surface area contributed by atoms with Crippen LogP contribution in [0.3, 0.4) is 0 Å². The molecule has 44 heavy (non-hydrogen) atoms. The molecule has 0 saturated carbocycles. The molecule has 0 bridgehead atoms. The van der Waals surface area contributed by atoms with Gasteiger partial charge in [-0.3, -0.25) is 10.2 Å². The number of nitrogens with one attached hydrogen (secondary N) is 1. The van der Waals surface area contributed by atoms with Crippen LogP contribution in [0.4, 0.5) is 10.1 Å². The standard InChI is InChI=1S/C32H42FN3O7.BrH/c1-7-41-25-15-20-16-36(31(34)27(20)28(33)30(25)42-8-2)17-24(37)19-13-22(32(3,4)5)29(40-6)23(14-19)35-11-9-21(10-12-35)43-18-26(38)39;/h13-15,21,34H,7-12,16-18H2,1-6H3,(H,38,39);1H. The average molecular weight is 681 g/mol. The van der Waals surface area contributed by atoms with Crippen molar-refractivity contribution < 1.29 is 38.0 Å². The third-order valence-corrected chi connectivity index (χ3v) is 7.73. The van der Waals surface area contributed by atoms with Crippen molar-refractivity contribution in [3.8, 4) is 17.2 Å². The van der Waals surface area contributed by atoms with E-state index in [9.17, 15) is 9.59 Å². The normalized spacial score (nSPS) is 15.1. The molecule has 2 aliphatic heterocycles. The van der Waals surface area contributed by atoms with Gasteiger partial charge < -0.3 is 33.9 Å². The maximum atomic E-state index is 15.6. The first-order valence-electron chi connectivity index (χ1n) is 14.7. The van der Waals surface area contributed by atoms with Crippen molar-refractivity contribution in [2.24, 2.45) is 0 Å². The quantitative estimate of drug-likeness (QED) is 0.276. The molecule has 0 radical (unpaired) electrons. The third kappa shape index (κ3) is 7.46. The maximum absolute atomic E-state index is 15.6. The predicted molar refractivity (Wildman–Crippen MR) is 171 cm³/mol. The summed E-state index contributed by atoms with van der Waals surface area (Å²) in [6, 6.07) is 5.36. The fourth-order valence-electron chi connectivity index (χ4n) is 5.66. The third-order valence-electron chi connectivity index (χ3n) is 7.73. The smallest absolute Gasteiger partial charge is 0.329 e. The van der Waals surface area contributed by atoms with E-state index in [1.807, 2.05) is 12.1 Å². The number of ketones is 1. The predicted octanol–water partition coefficient (Wildman–Crippen LogP) is 5.60. The molecule has 0 aliphatic carbocycles. The Bertz CT molecular complexity index is 1390. The number of hydrogen-bond acceptors (Lipinski definition) is 8. The second-order valence-corrected chi connectivity index (χ2v) is 11.8. The van der Waals surface area contributed by atoms with Crippen molar-refractivity contribution in [3.63, 3.8) is 0 Å². The van der Waals surface area contributed by atoms with Crippen LogP contribution in [0.5, 0.6) is 17.2 Å². The summed E-state index contributed by atoms with van der Waals surface area (Å²) in [5.74, 6) is -0.975. The molecule has 1 fully saturated rings. The highest BCUT2D eigenvalue weighted by molar-refractivity contribution is 8.93. The van der Waals surface area contributed by atoms with E-state index in [4.69, 9.17) is 29.5 Å². The molecule has 10 nitrogen and oxygen atoms in total. The summed E-state index contributed by atoms with van der Waals surface area (Å²) in [6.45, 7) is 11.3. The Morgan fingerprint density at radius 2 is 1.73 bits per heavy atom. The molecular weight excluding hydrogens is 637 g/mol. The summed E-state index contributed by atoms with van der Waals surface area (Å²) in [6.07, 6.45) is 1.13. The van der Waals surface area contributed by atoms with Gasteiger partial charge in [0.2, 0.25) is 0 Å². The van der Waals surface area contributed by atoms with E-state index >= 15 is 4.39 Å². The van der Waals surface area contributed by atoms with Crippen LogP contribution in [-0.4, -0.2) is 80.3 Å². The van der Waals surface area contributed by atoms with Gasteiger partial charge in [0.15, 0.2) is 23.1 Å². The van der Waals surface area contributed by atoms with Crippen LogP contribution in [-0.2, 0) is 21.5 Å². The van der Waals surface area contributed by atoms with Crippen molar-refractivity contribution in [3.05, 3.63) is 46.3 Å². The van der Waals surface area contributed by atoms with E-state index < -0.39 is 11.8 Å². The van der Waals surface area contributed by atoms with Gasteiger partial charge in [-0.25, -0.2) is 9.18 Å². The molecule has 0 amide bonds. The molecule has 2 heterocycles. The molecule has 2 aliphatic rings. The largest absolute Gasteiger partial charge is 0.494 e. The summed E-state index contributed by atoms with van der Waals surface area (Å²) in [7, 11) is 1.61. The van der Waals surface area contributed by atoms with E-state index in [0.717, 1.165) is 11.3 Å². The summed E-state index contributed by atoms with van der Waals surface area (Å²) < 4.78 is 38.1. The SMILES string of the molecule is Br.CCOc1cc2c(c(F)c1OCC)C(=N)N(CC(=O)c1cc(N3CCC(OCC(=O)O)CC3)c(OC)c(C(C)(C)C)c1)C2. The second kappa shape index (κ2) is 14.6. The van der Waals surface area contributed by atoms with Gasteiger partial charge in [-0.15, -0.1) is 17.0 Å². The number of rotatable bonds is 12. The Labute approximate surface area is 268 Å². The van der Waals surface area contributed by atoms with E-state index in [0.29, 0.717) is 49.4 Å². The molecule has 0 atom stereocenters. The van der Waals surface area contributed by atoms with Crippen LogP contribution < -0.4 is 19.1 Å². The molecule has 2 aromatic rings. The monoisotopic (exact) mass is 679 g/mol. The highest BCUT2D eigenvalue weighted by Gasteiger charge is 2.34. The number of carboxylic acids is 1. The number of benzene rings is 2. The summed E-state index contributed by atoms with van der Waals surface area (Å²) in [5, 5.41) is 17.7. The Kier molecular flexibility index (Phi) is 11.6. The van der Waals surface area contributed by atoms with Crippen molar-refractivity contribution >= 4 is 40.3 Å². The number of Topliss-reactive ketones (excluding diaryl/α,β-unsaturated/α-hetero) is 1. The number of anilines is 1. The van der Waals surface area contributed by atoms with E-state index in [1.165, 1.54) is 0 Å². The lowest BCUT2D eigenvalue weighted by atomic mass is 9.84. The molecule has 12 heteroatoms. The van der Waals surface area contributed by atoms with E-state index in [1.54, 1.807) is 31.9 Å². The van der Waals surface area contributed by atoms with Crippen LogP contribution in [0.1, 0.15) is 74.5 Å². The van der Waals surface area contributed by atoms with Crippen LogP contribution in [0.15, 0.2) is 18.2 Å². The van der Waals surface area contributed by atoms with Crippen molar-refractivity contribution in [1.29, 1.82) is 5.41 Å².